The molecule has 0 saturated carbocycles. The molecule has 0 unspecified atom stereocenters. The lowest BCUT2D eigenvalue weighted by Crippen LogP contribution is -2.26. The van der Waals surface area contributed by atoms with E-state index in [4.69, 9.17) is 5.26 Å². The number of hydrogen-bond acceptors (Lipinski definition) is 4. The minimum Gasteiger partial charge on any atom is -0.210 e. The summed E-state index contributed by atoms with van der Waals surface area (Å²) in [6, 6.07) is 17.7. The topological polar surface area (TPSA) is 70.0 Å². The van der Waals surface area contributed by atoms with Crippen LogP contribution in [0.1, 0.15) is 5.56 Å². The van der Waals surface area contributed by atoms with Crippen LogP contribution in [0.5, 0.6) is 0 Å². The number of benzene rings is 2. The summed E-state index contributed by atoms with van der Waals surface area (Å²) in [6.07, 6.45) is 0. The van der Waals surface area contributed by atoms with Crippen LogP contribution >= 0.6 is 11.8 Å². The highest BCUT2D eigenvalue weighted by Crippen LogP contribution is 2.16. The molecule has 0 saturated heterocycles. The van der Waals surface area contributed by atoms with Crippen LogP contribution in [0.3, 0.4) is 0 Å². The fourth-order valence-electron chi connectivity index (χ4n) is 1.68. The first-order valence-electron chi connectivity index (χ1n) is 6.29. The van der Waals surface area contributed by atoms with E-state index in [1.165, 1.54) is 12.1 Å². The molecule has 0 aromatic heterocycles. The van der Waals surface area contributed by atoms with Crippen LogP contribution < -0.4 is 4.72 Å². The standard InChI is InChI=1S/C15H14N2O2S2/c16-12-13-5-4-8-15(11-13)21(18,19)17-9-10-20-14-6-2-1-3-7-14/h1-8,11,17H,9-10H2. The highest BCUT2D eigenvalue weighted by molar-refractivity contribution is 7.99. The molecule has 0 aliphatic rings. The first-order valence-corrected chi connectivity index (χ1v) is 8.76. The van der Waals surface area contributed by atoms with Gasteiger partial charge in [-0.1, -0.05) is 24.3 Å². The minimum absolute atomic E-state index is 0.117. The normalized spacial score (nSPS) is 11.0. The van der Waals surface area contributed by atoms with Crippen LogP contribution in [-0.2, 0) is 10.0 Å². The second-order valence-electron chi connectivity index (χ2n) is 4.20. The zero-order valence-electron chi connectivity index (χ0n) is 11.2. The first kappa shape index (κ1) is 15.6. The fourth-order valence-corrected chi connectivity index (χ4v) is 3.67. The lowest BCUT2D eigenvalue weighted by molar-refractivity contribution is 0.584. The lowest BCUT2D eigenvalue weighted by Gasteiger charge is -2.07. The van der Waals surface area contributed by atoms with Crippen LogP contribution in [0.4, 0.5) is 0 Å². The van der Waals surface area contributed by atoms with Crippen molar-refractivity contribution in [3.63, 3.8) is 0 Å². The van der Waals surface area contributed by atoms with Gasteiger partial charge in [-0.05, 0) is 30.3 Å². The summed E-state index contributed by atoms with van der Waals surface area (Å²) in [5.41, 5.74) is 0.330. The number of hydrogen-bond donors (Lipinski definition) is 1. The Labute approximate surface area is 128 Å². The van der Waals surface area contributed by atoms with Crippen molar-refractivity contribution < 1.29 is 8.42 Å². The molecule has 0 fully saturated rings. The summed E-state index contributed by atoms with van der Waals surface area (Å²) in [5, 5.41) is 8.80. The molecule has 0 spiro atoms. The van der Waals surface area contributed by atoms with Crippen molar-refractivity contribution in [2.24, 2.45) is 0 Å². The fraction of sp³-hybridized carbons (Fsp3) is 0.133. The van der Waals surface area contributed by atoms with Crippen LogP contribution in [-0.4, -0.2) is 20.7 Å². The molecule has 4 nitrogen and oxygen atoms in total. The summed E-state index contributed by atoms with van der Waals surface area (Å²) in [6.45, 7) is 0.332. The van der Waals surface area contributed by atoms with Gasteiger partial charge in [-0.25, -0.2) is 13.1 Å². The second kappa shape index (κ2) is 7.27. The Morgan fingerprint density at radius 1 is 1.10 bits per heavy atom. The number of nitrogens with zero attached hydrogens (tertiary/aromatic N) is 1. The van der Waals surface area contributed by atoms with Gasteiger partial charge in [0.25, 0.3) is 0 Å². The molecule has 0 aliphatic heterocycles. The maximum atomic E-state index is 12.1. The molecule has 2 aromatic carbocycles. The number of nitrogens with one attached hydrogen (secondary N) is 1. The van der Waals surface area contributed by atoms with Gasteiger partial charge in [0.2, 0.25) is 10.0 Å². The molecule has 0 bridgehead atoms. The number of thioether (sulfide) groups is 1. The monoisotopic (exact) mass is 318 g/mol. The van der Waals surface area contributed by atoms with E-state index in [9.17, 15) is 8.42 Å². The van der Waals surface area contributed by atoms with Crippen molar-refractivity contribution >= 4 is 21.8 Å². The van der Waals surface area contributed by atoms with E-state index in [1.54, 1.807) is 23.9 Å². The van der Waals surface area contributed by atoms with E-state index in [0.29, 0.717) is 17.9 Å². The number of nitriles is 1. The molecule has 6 heteroatoms. The average molecular weight is 318 g/mol. The van der Waals surface area contributed by atoms with Gasteiger partial charge in [-0.15, -0.1) is 11.8 Å². The molecule has 108 valence electrons. The summed E-state index contributed by atoms with van der Waals surface area (Å²) in [5.74, 6) is 0.640. The smallest absolute Gasteiger partial charge is 0.210 e. The van der Waals surface area contributed by atoms with Gasteiger partial charge in [-0.3, -0.25) is 0 Å². The molecule has 1 N–H and O–H groups in total. The quantitative estimate of drug-likeness (QED) is 0.656. The van der Waals surface area contributed by atoms with Crippen molar-refractivity contribution in [2.45, 2.75) is 9.79 Å². The zero-order chi connectivity index (χ0) is 15.1. The van der Waals surface area contributed by atoms with Crippen molar-refractivity contribution in [3.05, 3.63) is 60.2 Å². The molecule has 21 heavy (non-hydrogen) atoms. The maximum absolute atomic E-state index is 12.1. The van der Waals surface area contributed by atoms with Crippen LogP contribution in [0.25, 0.3) is 0 Å². The van der Waals surface area contributed by atoms with Crippen LogP contribution in [0, 0.1) is 11.3 Å². The Morgan fingerprint density at radius 2 is 1.86 bits per heavy atom. The van der Waals surface area contributed by atoms with E-state index in [2.05, 4.69) is 4.72 Å². The van der Waals surface area contributed by atoms with E-state index < -0.39 is 10.0 Å². The molecular weight excluding hydrogens is 304 g/mol. The number of rotatable bonds is 6. The third kappa shape index (κ3) is 4.60. The molecule has 0 amide bonds. The van der Waals surface area contributed by atoms with E-state index in [-0.39, 0.29) is 4.90 Å². The predicted octanol–water partition coefficient (Wildman–Crippen LogP) is 2.63. The summed E-state index contributed by atoms with van der Waals surface area (Å²) in [4.78, 5) is 1.22. The third-order valence-electron chi connectivity index (χ3n) is 2.68. The first-order chi connectivity index (χ1) is 10.1. The molecule has 0 radical (unpaired) electrons. The van der Waals surface area contributed by atoms with Crippen molar-refractivity contribution in [3.8, 4) is 6.07 Å². The van der Waals surface area contributed by atoms with Crippen LogP contribution in [0.2, 0.25) is 0 Å². The largest absolute Gasteiger partial charge is 0.240 e. The lowest BCUT2D eigenvalue weighted by atomic mass is 10.2. The summed E-state index contributed by atoms with van der Waals surface area (Å²) >= 11 is 1.58. The highest BCUT2D eigenvalue weighted by atomic mass is 32.2. The predicted molar refractivity (Wildman–Crippen MR) is 83.5 cm³/mol. The average Bonchev–Trinajstić information content (AvgIpc) is 2.53. The molecule has 2 rings (SSSR count). The second-order valence-corrected chi connectivity index (χ2v) is 7.13. The Morgan fingerprint density at radius 3 is 2.57 bits per heavy atom. The Kier molecular flexibility index (Phi) is 5.39. The van der Waals surface area contributed by atoms with Gasteiger partial charge < -0.3 is 0 Å². The zero-order valence-corrected chi connectivity index (χ0v) is 12.8. The summed E-state index contributed by atoms with van der Waals surface area (Å²) in [7, 11) is -3.56. The van der Waals surface area contributed by atoms with Gasteiger partial charge in [0, 0.05) is 17.2 Å². The van der Waals surface area contributed by atoms with E-state index >= 15 is 0 Å². The third-order valence-corrected chi connectivity index (χ3v) is 5.15. The maximum Gasteiger partial charge on any atom is 0.240 e. The van der Waals surface area contributed by atoms with Crippen LogP contribution in [0.15, 0.2) is 64.4 Å². The summed E-state index contributed by atoms with van der Waals surface area (Å²) < 4.78 is 26.7. The minimum atomic E-state index is -3.56. The number of sulfonamides is 1. The Hall–Kier alpha value is -1.81. The van der Waals surface area contributed by atoms with Crippen molar-refractivity contribution in [1.82, 2.24) is 4.72 Å². The highest BCUT2D eigenvalue weighted by Gasteiger charge is 2.13. The van der Waals surface area contributed by atoms with Gasteiger partial charge >= 0.3 is 0 Å². The van der Waals surface area contributed by atoms with Gasteiger partial charge in [0.1, 0.15) is 0 Å². The SMILES string of the molecule is N#Cc1cccc(S(=O)(=O)NCCSc2ccccc2)c1. The Balaban J connectivity index is 1.91. The Bertz CT molecular complexity index is 738. The molecule has 0 heterocycles. The van der Waals surface area contributed by atoms with E-state index in [0.717, 1.165) is 4.90 Å². The molecule has 0 atom stereocenters. The molecular formula is C15H14N2O2S2. The molecule has 2 aromatic rings. The van der Waals surface area contributed by atoms with Gasteiger partial charge in [-0.2, -0.15) is 5.26 Å². The van der Waals surface area contributed by atoms with Gasteiger partial charge in [0.15, 0.2) is 0 Å². The van der Waals surface area contributed by atoms with Crippen molar-refractivity contribution in [1.29, 1.82) is 5.26 Å². The van der Waals surface area contributed by atoms with Gasteiger partial charge in [0.05, 0.1) is 16.5 Å². The molecule has 0 aliphatic carbocycles. The van der Waals surface area contributed by atoms with Crippen molar-refractivity contribution in [2.75, 3.05) is 12.3 Å². The van der Waals surface area contributed by atoms with E-state index in [1.807, 2.05) is 36.4 Å².